The van der Waals surface area contributed by atoms with Gasteiger partial charge in [-0.05, 0) is 24.5 Å². The molecule has 0 bridgehead atoms. The molecule has 1 aromatic heterocycles. The lowest BCUT2D eigenvalue weighted by molar-refractivity contribution is -0.142. The number of nitrogens with one attached hydrogen (secondary N) is 2. The van der Waals surface area contributed by atoms with Crippen LogP contribution in [0.4, 0.5) is 0 Å². The van der Waals surface area contributed by atoms with E-state index in [1.54, 1.807) is 6.07 Å². The molecule has 1 rings (SSSR count). The van der Waals surface area contributed by atoms with Crippen LogP contribution < -0.4 is 10.6 Å². The first kappa shape index (κ1) is 16.7. The van der Waals surface area contributed by atoms with Crippen LogP contribution >= 0.6 is 0 Å². The van der Waals surface area contributed by atoms with Crippen molar-refractivity contribution in [1.82, 2.24) is 10.6 Å². The fourth-order valence-electron chi connectivity index (χ4n) is 1.74. The summed E-state index contributed by atoms with van der Waals surface area (Å²) in [6.07, 6.45) is 1.75. The molecule has 0 aliphatic heterocycles. The zero-order valence-corrected chi connectivity index (χ0v) is 12.1. The van der Waals surface area contributed by atoms with Crippen LogP contribution in [0.1, 0.15) is 37.2 Å². The fourth-order valence-corrected chi connectivity index (χ4v) is 1.74. The number of carboxylic acid groups (broad SMARTS) is 1. The maximum atomic E-state index is 11.7. The van der Waals surface area contributed by atoms with Crippen LogP contribution in [-0.4, -0.2) is 35.5 Å². The Balaban J connectivity index is 2.32. The van der Waals surface area contributed by atoms with Gasteiger partial charge in [0.15, 0.2) is 5.76 Å². The highest BCUT2D eigenvalue weighted by Crippen LogP contribution is 2.05. The summed E-state index contributed by atoms with van der Waals surface area (Å²) in [5.41, 5.74) is 0. The number of amides is 2. The van der Waals surface area contributed by atoms with Gasteiger partial charge in [-0.25, -0.2) is 4.79 Å². The third-order valence-corrected chi connectivity index (χ3v) is 2.72. The van der Waals surface area contributed by atoms with Gasteiger partial charge in [0.25, 0.3) is 5.91 Å². The second-order valence-corrected chi connectivity index (χ2v) is 5.07. The van der Waals surface area contributed by atoms with Gasteiger partial charge in [0.1, 0.15) is 6.04 Å². The summed E-state index contributed by atoms with van der Waals surface area (Å²) in [6.45, 7) is 3.87. The lowest BCUT2D eigenvalue weighted by Crippen LogP contribution is -2.42. The van der Waals surface area contributed by atoms with Crippen LogP contribution in [0, 0.1) is 5.92 Å². The first-order valence-electron chi connectivity index (χ1n) is 6.74. The normalized spacial score (nSPS) is 12.0. The van der Waals surface area contributed by atoms with Crippen molar-refractivity contribution >= 4 is 17.8 Å². The van der Waals surface area contributed by atoms with E-state index in [9.17, 15) is 14.4 Å². The SMILES string of the molecule is CC(C)CC(NC(=O)CCNC(=O)c1ccco1)C(=O)O. The third kappa shape index (κ3) is 6.11. The van der Waals surface area contributed by atoms with Crippen molar-refractivity contribution in [2.45, 2.75) is 32.7 Å². The Labute approximate surface area is 122 Å². The Bertz CT molecular complexity index is 482. The molecule has 116 valence electrons. The average molecular weight is 296 g/mol. The predicted octanol–water partition coefficient (Wildman–Crippen LogP) is 1.01. The molecule has 0 saturated heterocycles. The minimum Gasteiger partial charge on any atom is -0.480 e. The molecule has 1 aromatic rings. The topological polar surface area (TPSA) is 109 Å². The Kier molecular flexibility index (Phi) is 6.45. The molecule has 0 aromatic carbocycles. The highest BCUT2D eigenvalue weighted by molar-refractivity contribution is 5.91. The molecule has 1 atom stereocenters. The van der Waals surface area contributed by atoms with Crippen molar-refractivity contribution < 1.29 is 23.9 Å². The van der Waals surface area contributed by atoms with Gasteiger partial charge in [0.2, 0.25) is 5.91 Å². The number of hydrogen-bond acceptors (Lipinski definition) is 4. The highest BCUT2D eigenvalue weighted by atomic mass is 16.4. The second-order valence-electron chi connectivity index (χ2n) is 5.07. The van der Waals surface area contributed by atoms with E-state index in [1.807, 2.05) is 13.8 Å². The first-order valence-corrected chi connectivity index (χ1v) is 6.74. The summed E-state index contributed by atoms with van der Waals surface area (Å²) < 4.78 is 4.90. The van der Waals surface area contributed by atoms with E-state index in [-0.39, 0.29) is 24.6 Å². The lowest BCUT2D eigenvalue weighted by Gasteiger charge is -2.16. The smallest absolute Gasteiger partial charge is 0.326 e. The Morgan fingerprint density at radius 3 is 2.57 bits per heavy atom. The van der Waals surface area contributed by atoms with E-state index < -0.39 is 23.8 Å². The number of hydrogen-bond donors (Lipinski definition) is 3. The van der Waals surface area contributed by atoms with E-state index in [4.69, 9.17) is 9.52 Å². The van der Waals surface area contributed by atoms with Gasteiger partial charge in [-0.3, -0.25) is 9.59 Å². The summed E-state index contributed by atoms with van der Waals surface area (Å²) >= 11 is 0. The number of rotatable bonds is 8. The first-order chi connectivity index (χ1) is 9.90. The minimum absolute atomic E-state index is 0.00826. The molecule has 0 aliphatic carbocycles. The standard InChI is InChI=1S/C14H20N2O5/c1-9(2)8-10(14(19)20)16-12(17)5-6-15-13(18)11-4-3-7-21-11/h3-4,7,9-10H,5-6,8H2,1-2H3,(H,15,18)(H,16,17)(H,19,20). The van der Waals surface area contributed by atoms with Gasteiger partial charge in [-0.1, -0.05) is 13.8 Å². The Morgan fingerprint density at radius 2 is 2.05 bits per heavy atom. The fraction of sp³-hybridized carbons (Fsp3) is 0.500. The van der Waals surface area contributed by atoms with E-state index >= 15 is 0 Å². The van der Waals surface area contributed by atoms with E-state index in [2.05, 4.69) is 10.6 Å². The van der Waals surface area contributed by atoms with Gasteiger partial charge in [0, 0.05) is 13.0 Å². The molecule has 7 nitrogen and oxygen atoms in total. The van der Waals surface area contributed by atoms with Crippen LogP contribution in [0.25, 0.3) is 0 Å². The van der Waals surface area contributed by atoms with Gasteiger partial charge in [0.05, 0.1) is 6.26 Å². The van der Waals surface area contributed by atoms with Gasteiger partial charge >= 0.3 is 5.97 Å². The van der Waals surface area contributed by atoms with Crippen molar-refractivity contribution in [2.24, 2.45) is 5.92 Å². The minimum atomic E-state index is -1.06. The molecular weight excluding hydrogens is 276 g/mol. The molecule has 21 heavy (non-hydrogen) atoms. The maximum Gasteiger partial charge on any atom is 0.326 e. The quantitative estimate of drug-likeness (QED) is 0.663. The van der Waals surface area contributed by atoms with Crippen LogP contribution in [0.5, 0.6) is 0 Å². The van der Waals surface area contributed by atoms with Crippen molar-refractivity contribution in [1.29, 1.82) is 0 Å². The van der Waals surface area contributed by atoms with Gasteiger partial charge in [-0.15, -0.1) is 0 Å². The van der Waals surface area contributed by atoms with E-state index in [0.29, 0.717) is 6.42 Å². The third-order valence-electron chi connectivity index (χ3n) is 2.72. The van der Waals surface area contributed by atoms with Crippen LogP contribution in [-0.2, 0) is 9.59 Å². The molecule has 1 heterocycles. The van der Waals surface area contributed by atoms with Gasteiger partial charge < -0.3 is 20.2 Å². The molecule has 3 N–H and O–H groups in total. The Hall–Kier alpha value is -2.31. The molecule has 0 spiro atoms. The molecule has 1 unspecified atom stereocenters. The van der Waals surface area contributed by atoms with Gasteiger partial charge in [-0.2, -0.15) is 0 Å². The van der Waals surface area contributed by atoms with Crippen LogP contribution in [0.2, 0.25) is 0 Å². The lowest BCUT2D eigenvalue weighted by atomic mass is 10.0. The van der Waals surface area contributed by atoms with Crippen molar-refractivity contribution in [2.75, 3.05) is 6.54 Å². The molecule has 0 radical (unpaired) electrons. The van der Waals surface area contributed by atoms with Crippen LogP contribution in [0.15, 0.2) is 22.8 Å². The maximum absolute atomic E-state index is 11.7. The van der Waals surface area contributed by atoms with E-state index in [1.165, 1.54) is 12.3 Å². The highest BCUT2D eigenvalue weighted by Gasteiger charge is 2.20. The number of furan rings is 1. The number of carboxylic acids is 1. The summed E-state index contributed by atoms with van der Waals surface area (Å²) in [6, 6.07) is 2.20. The van der Waals surface area contributed by atoms with Crippen molar-refractivity contribution in [3.63, 3.8) is 0 Å². The summed E-state index contributed by atoms with van der Waals surface area (Å²) in [4.78, 5) is 34.2. The molecule has 7 heteroatoms. The van der Waals surface area contributed by atoms with Crippen molar-refractivity contribution in [3.05, 3.63) is 24.2 Å². The van der Waals surface area contributed by atoms with Crippen LogP contribution in [0.3, 0.4) is 0 Å². The Morgan fingerprint density at radius 1 is 1.33 bits per heavy atom. The molecule has 0 saturated carbocycles. The molecule has 0 fully saturated rings. The van der Waals surface area contributed by atoms with Crippen molar-refractivity contribution in [3.8, 4) is 0 Å². The molecule has 0 aliphatic rings. The predicted molar refractivity (Wildman–Crippen MR) is 74.7 cm³/mol. The largest absolute Gasteiger partial charge is 0.480 e. The summed E-state index contributed by atoms with van der Waals surface area (Å²) in [7, 11) is 0. The number of carbonyl (C=O) groups is 3. The van der Waals surface area contributed by atoms with E-state index in [0.717, 1.165) is 0 Å². The zero-order chi connectivity index (χ0) is 15.8. The number of aliphatic carboxylic acids is 1. The number of carbonyl (C=O) groups excluding carboxylic acids is 2. The molecule has 2 amide bonds. The zero-order valence-electron chi connectivity index (χ0n) is 12.1. The average Bonchev–Trinajstić information content (AvgIpc) is 2.91. The molecular formula is C14H20N2O5. The summed E-state index contributed by atoms with van der Waals surface area (Å²) in [5.74, 6) is -1.56. The monoisotopic (exact) mass is 296 g/mol. The second kappa shape index (κ2) is 8.08. The summed E-state index contributed by atoms with van der Waals surface area (Å²) in [5, 5.41) is 14.0.